The lowest BCUT2D eigenvalue weighted by Crippen LogP contribution is -1.96. The van der Waals surface area contributed by atoms with Crippen LogP contribution in [0.2, 0.25) is 0 Å². The Morgan fingerprint density at radius 2 is 0.553 bits per heavy atom. The van der Waals surface area contributed by atoms with E-state index in [1.54, 1.807) is 0 Å². The molecule has 0 bridgehead atoms. The second-order valence-electron chi connectivity index (χ2n) is 14.7. The quantitative estimate of drug-likeness (QED) is 0.0775. The Morgan fingerprint density at radius 1 is 0.319 bits per heavy atom. The van der Waals surface area contributed by atoms with Crippen LogP contribution in [0.15, 0.2) is 36.4 Å². The molecule has 0 spiro atoms. The molecule has 2 aromatic carbocycles. The first-order valence-electron chi connectivity index (χ1n) is 20.8. The number of rotatable bonds is 32. The molecule has 0 atom stereocenters. The van der Waals surface area contributed by atoms with Gasteiger partial charge >= 0.3 is 0 Å². The highest BCUT2D eigenvalue weighted by atomic mass is 16.3. The molecular weight excluding hydrogens is 572 g/mol. The molecule has 2 rings (SSSR count). The minimum absolute atomic E-state index is 0.430. The molecule has 268 valence electrons. The van der Waals surface area contributed by atoms with E-state index in [1.807, 2.05) is 12.1 Å². The summed E-state index contributed by atoms with van der Waals surface area (Å²) >= 11 is 0. The van der Waals surface area contributed by atoms with E-state index in [0.717, 1.165) is 47.9 Å². The highest BCUT2D eigenvalue weighted by Crippen LogP contribution is 2.31. The minimum atomic E-state index is 0.430. The van der Waals surface area contributed by atoms with E-state index in [4.69, 9.17) is 0 Å². The molecule has 0 saturated heterocycles. The number of hydrogen-bond donors (Lipinski definition) is 2. The van der Waals surface area contributed by atoms with E-state index in [1.165, 1.54) is 167 Å². The van der Waals surface area contributed by atoms with E-state index in [2.05, 4.69) is 38.1 Å². The Hall–Kier alpha value is -1.96. The second-order valence-corrected chi connectivity index (χ2v) is 14.7. The van der Waals surface area contributed by atoms with E-state index in [0.29, 0.717) is 17.9 Å². The molecule has 0 radical (unpaired) electrons. The lowest BCUT2D eigenvalue weighted by Gasteiger charge is -2.13. The zero-order valence-corrected chi connectivity index (χ0v) is 31.3. The third kappa shape index (κ3) is 20.2. The number of para-hydroxylation sites is 2. The number of benzene rings is 2. The summed E-state index contributed by atoms with van der Waals surface area (Å²) in [4.78, 5) is 0. The predicted octanol–water partition coefficient (Wildman–Crippen LogP) is 14.7. The van der Waals surface area contributed by atoms with Crippen LogP contribution in [0.5, 0.6) is 11.5 Å². The van der Waals surface area contributed by atoms with Crippen LogP contribution in [0, 0.1) is 0 Å². The molecule has 0 aliphatic heterocycles. The van der Waals surface area contributed by atoms with Gasteiger partial charge in [-0.05, 0) is 47.9 Å². The predicted molar refractivity (Wildman–Crippen MR) is 207 cm³/mol. The number of hydrogen-bond acceptors (Lipinski definition) is 2. The number of aromatic hydroxyl groups is 2. The zero-order chi connectivity index (χ0) is 33.6. The molecule has 2 aromatic rings. The molecule has 2 heteroatoms. The largest absolute Gasteiger partial charge is 0.507 e. The van der Waals surface area contributed by atoms with E-state index in [9.17, 15) is 10.2 Å². The summed E-state index contributed by atoms with van der Waals surface area (Å²) in [5, 5.41) is 22.2. The summed E-state index contributed by atoms with van der Waals surface area (Å²) in [5.74, 6) is 0.859. The summed E-state index contributed by atoms with van der Waals surface area (Å²) in [6, 6.07) is 12.3. The lowest BCUT2D eigenvalue weighted by atomic mass is 9.95. The van der Waals surface area contributed by atoms with Crippen LogP contribution in [0.4, 0.5) is 0 Å². The molecule has 47 heavy (non-hydrogen) atoms. The van der Waals surface area contributed by atoms with Gasteiger partial charge in [0.25, 0.3) is 0 Å². The van der Waals surface area contributed by atoms with Crippen LogP contribution in [0.1, 0.15) is 216 Å². The molecule has 0 heterocycles. The van der Waals surface area contributed by atoms with E-state index < -0.39 is 0 Å². The fourth-order valence-corrected chi connectivity index (χ4v) is 7.20. The smallest absolute Gasteiger partial charge is 0.122 e. The van der Waals surface area contributed by atoms with Crippen molar-refractivity contribution in [3.8, 4) is 11.5 Å². The van der Waals surface area contributed by atoms with Gasteiger partial charge in [-0.25, -0.2) is 0 Å². The van der Waals surface area contributed by atoms with Crippen LogP contribution < -0.4 is 0 Å². The fourth-order valence-electron chi connectivity index (χ4n) is 7.20. The maximum atomic E-state index is 11.1. The third-order valence-electron chi connectivity index (χ3n) is 10.4. The average molecular weight is 649 g/mol. The molecule has 0 saturated carbocycles. The van der Waals surface area contributed by atoms with Gasteiger partial charge in [-0.1, -0.05) is 217 Å². The first kappa shape index (κ1) is 41.2. The van der Waals surface area contributed by atoms with E-state index in [-0.39, 0.29) is 0 Å². The van der Waals surface area contributed by atoms with Gasteiger partial charge in [-0.2, -0.15) is 0 Å². The summed E-state index contributed by atoms with van der Waals surface area (Å²) in [5.41, 5.74) is 3.97. The van der Waals surface area contributed by atoms with E-state index >= 15 is 0 Å². The van der Waals surface area contributed by atoms with Crippen molar-refractivity contribution < 1.29 is 10.2 Å². The van der Waals surface area contributed by atoms with Gasteiger partial charge in [0, 0.05) is 6.42 Å². The number of unbranched alkanes of at least 4 members (excludes halogenated alkanes) is 26. The van der Waals surface area contributed by atoms with Crippen molar-refractivity contribution in [3.63, 3.8) is 0 Å². The summed E-state index contributed by atoms with van der Waals surface area (Å²) in [6.45, 7) is 4.58. The summed E-state index contributed by atoms with van der Waals surface area (Å²) in [7, 11) is 0. The Bertz CT molecular complexity index is 916. The topological polar surface area (TPSA) is 40.5 Å². The SMILES string of the molecule is CCCCCCCCCCCCCCCCc1cccc(Cc2cccc(CCCCCCCCCCCCCCCC)c2O)c1O. The van der Waals surface area contributed by atoms with Gasteiger partial charge in [0.05, 0.1) is 0 Å². The van der Waals surface area contributed by atoms with Gasteiger partial charge in [-0.15, -0.1) is 0 Å². The molecule has 0 unspecified atom stereocenters. The van der Waals surface area contributed by atoms with Crippen molar-refractivity contribution in [1.29, 1.82) is 0 Å². The van der Waals surface area contributed by atoms with Gasteiger partial charge in [0.1, 0.15) is 11.5 Å². The number of phenolic OH excluding ortho intramolecular Hbond substituents is 2. The van der Waals surface area contributed by atoms with Crippen LogP contribution in [-0.4, -0.2) is 10.2 Å². The van der Waals surface area contributed by atoms with Crippen molar-refractivity contribution in [2.75, 3.05) is 0 Å². The van der Waals surface area contributed by atoms with Crippen molar-refractivity contribution in [2.45, 2.75) is 213 Å². The first-order chi connectivity index (χ1) is 23.2. The number of aryl methyl sites for hydroxylation is 2. The Labute approximate surface area is 292 Å². The standard InChI is InChI=1S/C45H76O2/c1-3-5-7-9-11-13-15-17-19-21-23-25-27-29-33-40-35-31-37-42(44(40)46)39-43-38-32-36-41(45(43)47)34-30-28-26-24-22-20-18-16-14-12-10-8-6-4-2/h31-32,35-38,46-47H,3-30,33-34,39H2,1-2H3. The van der Waals surface area contributed by atoms with Gasteiger partial charge < -0.3 is 10.2 Å². The minimum Gasteiger partial charge on any atom is -0.507 e. The highest BCUT2D eigenvalue weighted by Gasteiger charge is 2.12. The number of phenols is 2. The Balaban J connectivity index is 1.58. The average Bonchev–Trinajstić information content (AvgIpc) is 3.08. The van der Waals surface area contributed by atoms with Crippen LogP contribution in [0.3, 0.4) is 0 Å². The Morgan fingerprint density at radius 3 is 0.830 bits per heavy atom. The highest BCUT2D eigenvalue weighted by molar-refractivity contribution is 5.47. The van der Waals surface area contributed by atoms with Crippen molar-refractivity contribution in [3.05, 3.63) is 58.7 Å². The van der Waals surface area contributed by atoms with Crippen LogP contribution >= 0.6 is 0 Å². The van der Waals surface area contributed by atoms with Crippen LogP contribution in [-0.2, 0) is 19.3 Å². The van der Waals surface area contributed by atoms with Gasteiger partial charge in [-0.3, -0.25) is 0 Å². The van der Waals surface area contributed by atoms with Gasteiger partial charge in [0.2, 0.25) is 0 Å². The Kier molecular flexibility index (Phi) is 25.4. The van der Waals surface area contributed by atoms with Crippen molar-refractivity contribution in [2.24, 2.45) is 0 Å². The second kappa shape index (κ2) is 29.0. The third-order valence-corrected chi connectivity index (χ3v) is 10.4. The van der Waals surface area contributed by atoms with Crippen molar-refractivity contribution in [1.82, 2.24) is 0 Å². The molecule has 0 aliphatic carbocycles. The molecule has 0 aliphatic rings. The molecule has 2 N–H and O–H groups in total. The molecule has 0 aromatic heterocycles. The molecular formula is C45H76O2. The maximum absolute atomic E-state index is 11.1. The molecule has 0 amide bonds. The monoisotopic (exact) mass is 649 g/mol. The zero-order valence-electron chi connectivity index (χ0n) is 31.3. The molecule has 2 nitrogen and oxygen atoms in total. The normalized spacial score (nSPS) is 11.4. The molecule has 0 fully saturated rings. The maximum Gasteiger partial charge on any atom is 0.122 e. The van der Waals surface area contributed by atoms with Gasteiger partial charge in [0.15, 0.2) is 0 Å². The van der Waals surface area contributed by atoms with Crippen LogP contribution in [0.25, 0.3) is 0 Å². The lowest BCUT2D eigenvalue weighted by molar-refractivity contribution is 0.453. The summed E-state index contributed by atoms with van der Waals surface area (Å²) < 4.78 is 0. The first-order valence-corrected chi connectivity index (χ1v) is 20.8. The van der Waals surface area contributed by atoms with Crippen molar-refractivity contribution >= 4 is 0 Å². The summed E-state index contributed by atoms with van der Waals surface area (Å²) in [6.07, 6.45) is 40.6. The fraction of sp³-hybridized carbons (Fsp3) is 0.733.